The molecule has 3 rings (SSSR count). The van der Waals surface area contributed by atoms with Crippen LogP contribution in [0.2, 0.25) is 0 Å². The molecule has 1 aliphatic rings. The van der Waals surface area contributed by atoms with E-state index in [9.17, 15) is 4.79 Å². The average molecular weight is 477 g/mol. The highest BCUT2D eigenvalue weighted by Crippen LogP contribution is 2.40. The van der Waals surface area contributed by atoms with E-state index in [1.807, 2.05) is 18.2 Å². The first kappa shape index (κ1) is 22.3. The standard InChI is InChI=1S/C23H29BrN2O4/c1-28-20-9-7-17(22(29-2)23(20)30-3)8-10-21(27)25-14-16-11-12-26(15-16)19-6-4-5-18(24)13-19/h4-7,9,13,16H,8,10-12,14-15H2,1-3H3,(H,25,27). The molecule has 7 heteroatoms. The van der Waals surface area contributed by atoms with Crippen LogP contribution in [-0.4, -0.2) is 46.9 Å². The van der Waals surface area contributed by atoms with Gasteiger partial charge < -0.3 is 24.4 Å². The second kappa shape index (κ2) is 10.6. The van der Waals surface area contributed by atoms with Crippen molar-refractivity contribution in [1.82, 2.24) is 5.32 Å². The van der Waals surface area contributed by atoms with Gasteiger partial charge in [0, 0.05) is 36.2 Å². The van der Waals surface area contributed by atoms with Crippen molar-refractivity contribution < 1.29 is 19.0 Å². The molecule has 0 aromatic heterocycles. The number of rotatable bonds is 9. The quantitative estimate of drug-likeness (QED) is 0.591. The Labute approximate surface area is 186 Å². The number of carbonyl (C=O) groups excluding carboxylic acids is 1. The molecule has 1 fully saturated rings. The zero-order valence-electron chi connectivity index (χ0n) is 17.7. The van der Waals surface area contributed by atoms with E-state index in [0.29, 0.717) is 42.6 Å². The Balaban J connectivity index is 1.49. The van der Waals surface area contributed by atoms with Crippen LogP contribution in [0.25, 0.3) is 0 Å². The maximum Gasteiger partial charge on any atom is 0.220 e. The molecule has 2 aromatic carbocycles. The summed E-state index contributed by atoms with van der Waals surface area (Å²) in [6.45, 7) is 2.67. The van der Waals surface area contributed by atoms with E-state index < -0.39 is 0 Å². The van der Waals surface area contributed by atoms with E-state index in [1.54, 1.807) is 21.3 Å². The molecule has 162 valence electrons. The Bertz CT molecular complexity index is 874. The highest BCUT2D eigenvalue weighted by Gasteiger charge is 2.23. The van der Waals surface area contributed by atoms with Crippen LogP contribution in [0.3, 0.4) is 0 Å². The van der Waals surface area contributed by atoms with Crippen LogP contribution < -0.4 is 24.4 Å². The smallest absolute Gasteiger partial charge is 0.220 e. The van der Waals surface area contributed by atoms with E-state index in [0.717, 1.165) is 29.5 Å². The topological polar surface area (TPSA) is 60.0 Å². The Hall–Kier alpha value is -2.41. The van der Waals surface area contributed by atoms with Crippen LogP contribution in [0.1, 0.15) is 18.4 Å². The summed E-state index contributed by atoms with van der Waals surface area (Å²) in [7, 11) is 4.76. The maximum atomic E-state index is 12.4. The highest BCUT2D eigenvalue weighted by atomic mass is 79.9. The SMILES string of the molecule is COc1ccc(CCC(=O)NCC2CCN(c3cccc(Br)c3)C2)c(OC)c1OC. The highest BCUT2D eigenvalue weighted by molar-refractivity contribution is 9.10. The lowest BCUT2D eigenvalue weighted by molar-refractivity contribution is -0.121. The van der Waals surface area contributed by atoms with Crippen molar-refractivity contribution in [1.29, 1.82) is 0 Å². The average Bonchev–Trinajstić information content (AvgIpc) is 3.24. The van der Waals surface area contributed by atoms with Gasteiger partial charge in [-0.05, 0) is 48.6 Å². The van der Waals surface area contributed by atoms with Crippen LogP contribution in [0.15, 0.2) is 40.9 Å². The Morgan fingerprint density at radius 1 is 1.13 bits per heavy atom. The number of halogens is 1. The van der Waals surface area contributed by atoms with Crippen LogP contribution in [-0.2, 0) is 11.2 Å². The van der Waals surface area contributed by atoms with Gasteiger partial charge in [0.1, 0.15) is 0 Å². The molecular formula is C23H29BrN2O4. The van der Waals surface area contributed by atoms with Gasteiger partial charge in [-0.3, -0.25) is 4.79 Å². The van der Waals surface area contributed by atoms with Gasteiger partial charge in [-0.1, -0.05) is 28.1 Å². The minimum atomic E-state index is 0.0488. The fourth-order valence-electron chi connectivity index (χ4n) is 3.86. The van der Waals surface area contributed by atoms with Gasteiger partial charge in [-0.15, -0.1) is 0 Å². The number of carbonyl (C=O) groups is 1. The number of hydrogen-bond acceptors (Lipinski definition) is 5. The van der Waals surface area contributed by atoms with E-state index >= 15 is 0 Å². The van der Waals surface area contributed by atoms with Crippen molar-refractivity contribution in [2.75, 3.05) is 45.9 Å². The molecular weight excluding hydrogens is 448 g/mol. The Morgan fingerprint density at radius 2 is 1.93 bits per heavy atom. The van der Waals surface area contributed by atoms with Gasteiger partial charge in [0.15, 0.2) is 11.5 Å². The molecule has 0 saturated carbocycles. The largest absolute Gasteiger partial charge is 0.493 e. The van der Waals surface area contributed by atoms with Crippen molar-refractivity contribution in [2.24, 2.45) is 5.92 Å². The summed E-state index contributed by atoms with van der Waals surface area (Å²) in [5.41, 5.74) is 2.14. The Kier molecular flexibility index (Phi) is 7.85. The summed E-state index contributed by atoms with van der Waals surface area (Å²) >= 11 is 3.53. The number of nitrogens with zero attached hydrogens (tertiary/aromatic N) is 1. The molecule has 6 nitrogen and oxygen atoms in total. The lowest BCUT2D eigenvalue weighted by atomic mass is 10.1. The molecule has 1 heterocycles. The van der Waals surface area contributed by atoms with E-state index in [4.69, 9.17) is 14.2 Å². The first-order valence-corrected chi connectivity index (χ1v) is 10.9. The summed E-state index contributed by atoms with van der Waals surface area (Å²) in [4.78, 5) is 14.8. The summed E-state index contributed by atoms with van der Waals surface area (Å²) in [5.74, 6) is 2.29. The molecule has 0 spiro atoms. The van der Waals surface area contributed by atoms with Gasteiger partial charge in [0.2, 0.25) is 11.7 Å². The van der Waals surface area contributed by atoms with Gasteiger partial charge in [-0.2, -0.15) is 0 Å². The van der Waals surface area contributed by atoms with E-state index in [-0.39, 0.29) is 5.91 Å². The normalized spacial score (nSPS) is 15.7. The zero-order valence-corrected chi connectivity index (χ0v) is 19.3. The lowest BCUT2D eigenvalue weighted by Crippen LogP contribution is -2.31. The lowest BCUT2D eigenvalue weighted by Gasteiger charge is -2.19. The number of methoxy groups -OCH3 is 3. The van der Waals surface area contributed by atoms with Gasteiger partial charge in [-0.25, -0.2) is 0 Å². The van der Waals surface area contributed by atoms with Crippen LogP contribution in [0, 0.1) is 5.92 Å². The number of benzene rings is 2. The number of anilines is 1. The molecule has 1 saturated heterocycles. The predicted molar refractivity (Wildman–Crippen MR) is 122 cm³/mol. The Morgan fingerprint density at radius 3 is 2.63 bits per heavy atom. The van der Waals surface area contributed by atoms with Crippen molar-refractivity contribution in [3.05, 3.63) is 46.4 Å². The number of amides is 1. The third-order valence-corrected chi connectivity index (χ3v) is 5.95. The van der Waals surface area contributed by atoms with Gasteiger partial charge >= 0.3 is 0 Å². The second-order valence-corrected chi connectivity index (χ2v) is 8.29. The van der Waals surface area contributed by atoms with Crippen LogP contribution >= 0.6 is 15.9 Å². The van der Waals surface area contributed by atoms with Crippen LogP contribution in [0.4, 0.5) is 5.69 Å². The molecule has 1 N–H and O–H groups in total. The molecule has 30 heavy (non-hydrogen) atoms. The third kappa shape index (κ3) is 5.39. The summed E-state index contributed by atoms with van der Waals surface area (Å²) < 4.78 is 17.3. The molecule has 0 bridgehead atoms. The number of hydrogen-bond donors (Lipinski definition) is 1. The summed E-state index contributed by atoms with van der Waals surface area (Å²) in [5, 5.41) is 3.10. The molecule has 0 aliphatic carbocycles. The molecule has 1 amide bonds. The fourth-order valence-corrected chi connectivity index (χ4v) is 4.25. The minimum absolute atomic E-state index is 0.0488. The van der Waals surface area contributed by atoms with Gasteiger partial charge in [0.25, 0.3) is 0 Å². The van der Waals surface area contributed by atoms with Crippen molar-refractivity contribution in [3.8, 4) is 17.2 Å². The van der Waals surface area contributed by atoms with E-state index in [2.05, 4.69) is 44.3 Å². The molecule has 2 aromatic rings. The summed E-state index contributed by atoms with van der Waals surface area (Å²) in [6, 6.07) is 12.1. The second-order valence-electron chi connectivity index (χ2n) is 7.38. The third-order valence-electron chi connectivity index (χ3n) is 5.45. The molecule has 1 aliphatic heterocycles. The van der Waals surface area contributed by atoms with Crippen molar-refractivity contribution in [3.63, 3.8) is 0 Å². The van der Waals surface area contributed by atoms with Crippen molar-refractivity contribution >= 4 is 27.5 Å². The first-order valence-electron chi connectivity index (χ1n) is 10.1. The van der Waals surface area contributed by atoms with Crippen molar-refractivity contribution in [2.45, 2.75) is 19.3 Å². The first-order chi connectivity index (χ1) is 14.5. The molecule has 0 radical (unpaired) electrons. The number of ether oxygens (including phenoxy) is 3. The number of nitrogens with one attached hydrogen (secondary N) is 1. The predicted octanol–water partition coefficient (Wildman–Crippen LogP) is 4.05. The maximum absolute atomic E-state index is 12.4. The van der Waals surface area contributed by atoms with E-state index in [1.165, 1.54) is 5.69 Å². The summed E-state index contributed by atoms with van der Waals surface area (Å²) in [6.07, 6.45) is 2.05. The number of aryl methyl sites for hydroxylation is 1. The monoisotopic (exact) mass is 476 g/mol. The minimum Gasteiger partial charge on any atom is -0.493 e. The van der Waals surface area contributed by atoms with Gasteiger partial charge in [0.05, 0.1) is 21.3 Å². The zero-order chi connectivity index (χ0) is 21.5. The van der Waals surface area contributed by atoms with Crippen LogP contribution in [0.5, 0.6) is 17.2 Å². The fraction of sp³-hybridized carbons (Fsp3) is 0.435. The molecule has 1 atom stereocenters. The molecule has 1 unspecified atom stereocenters.